The molecular weight excluding hydrogens is 286 g/mol. The summed E-state index contributed by atoms with van der Waals surface area (Å²) < 4.78 is 1.83. The number of carbonyl (C=O) groups excluding carboxylic acids is 1. The van der Waals surface area contributed by atoms with Crippen molar-refractivity contribution in [3.05, 3.63) is 11.9 Å². The van der Waals surface area contributed by atoms with E-state index in [1.165, 1.54) is 0 Å². The van der Waals surface area contributed by atoms with E-state index < -0.39 is 0 Å². The van der Waals surface area contributed by atoms with Crippen molar-refractivity contribution in [2.45, 2.75) is 38.6 Å². The highest BCUT2D eigenvalue weighted by molar-refractivity contribution is 7.20. The summed E-state index contributed by atoms with van der Waals surface area (Å²) in [6, 6.07) is 0.408. The maximum Gasteiger partial charge on any atom is 0.225 e. The predicted octanol–water partition coefficient (Wildman–Crippen LogP) is 1.91. The minimum atomic E-state index is 0.337. The summed E-state index contributed by atoms with van der Waals surface area (Å²) in [6.45, 7) is 3.71. The third kappa shape index (κ3) is 2.62. The maximum absolute atomic E-state index is 12.0. The first-order valence-corrected chi connectivity index (χ1v) is 8.39. The zero-order valence-electron chi connectivity index (χ0n) is 12.1. The number of aromatic nitrogens is 3. The molecule has 4 rings (SSSR count). The minimum Gasteiger partial charge on any atom is -0.357 e. The normalized spacial score (nSPS) is 20.1. The highest BCUT2D eigenvalue weighted by Gasteiger charge is 2.34. The molecule has 1 aliphatic carbocycles. The van der Waals surface area contributed by atoms with Crippen LogP contribution in [0.4, 0.5) is 5.13 Å². The number of fused-ring (bicyclic) bond motifs is 1. The molecule has 7 heteroatoms. The predicted molar refractivity (Wildman–Crippen MR) is 81.5 cm³/mol. The fraction of sp³-hybridized carbons (Fsp3) is 0.643. The van der Waals surface area contributed by atoms with Crippen molar-refractivity contribution in [3.8, 4) is 0 Å². The molecular formula is C14H19N5OS. The summed E-state index contributed by atoms with van der Waals surface area (Å²) in [5.74, 6) is 0.709. The lowest BCUT2D eigenvalue weighted by molar-refractivity contribution is -0.133. The largest absolute Gasteiger partial charge is 0.357 e. The summed E-state index contributed by atoms with van der Waals surface area (Å²) in [6.07, 6.45) is 6.12. The van der Waals surface area contributed by atoms with Crippen LogP contribution >= 0.6 is 11.3 Å². The van der Waals surface area contributed by atoms with Gasteiger partial charge in [-0.05, 0) is 32.6 Å². The number of imidazole rings is 1. The maximum atomic E-state index is 12.0. The molecule has 3 heterocycles. The Balaban J connectivity index is 1.35. The number of carbonyl (C=O) groups is 1. The molecule has 1 N–H and O–H groups in total. The van der Waals surface area contributed by atoms with Crippen LogP contribution in [0.15, 0.2) is 6.20 Å². The number of aryl methyl sites for hydroxylation is 1. The van der Waals surface area contributed by atoms with E-state index in [1.807, 2.05) is 22.5 Å². The first-order valence-electron chi connectivity index (χ1n) is 7.57. The molecule has 0 spiro atoms. The lowest BCUT2D eigenvalue weighted by Gasteiger charge is -2.32. The fourth-order valence-electron chi connectivity index (χ4n) is 2.87. The number of nitrogens with zero attached hydrogens (tertiary/aromatic N) is 4. The van der Waals surface area contributed by atoms with Gasteiger partial charge in [0.05, 0.1) is 11.9 Å². The van der Waals surface area contributed by atoms with Gasteiger partial charge in [-0.3, -0.25) is 4.79 Å². The van der Waals surface area contributed by atoms with E-state index in [2.05, 4.69) is 15.4 Å². The molecule has 1 aliphatic heterocycles. The molecule has 112 valence electrons. The van der Waals surface area contributed by atoms with E-state index in [4.69, 9.17) is 0 Å². The molecule has 1 amide bonds. The smallest absolute Gasteiger partial charge is 0.225 e. The Morgan fingerprint density at radius 2 is 2.10 bits per heavy atom. The second-order valence-electron chi connectivity index (χ2n) is 6.03. The number of piperidine rings is 1. The number of amides is 1. The van der Waals surface area contributed by atoms with E-state index in [0.29, 0.717) is 17.9 Å². The standard InChI is InChI=1S/C14H19N5OS/c1-9-8-19-14(15-9)21-13(17-19)16-11-4-6-18(7-5-11)12(20)10-2-3-10/h8,10-11H,2-7H2,1H3,(H,16,17). The SMILES string of the molecule is Cc1cn2nc(NC3CCN(C(=O)C4CC4)CC3)sc2n1. The second-order valence-corrected chi connectivity index (χ2v) is 6.99. The third-order valence-electron chi connectivity index (χ3n) is 4.22. The molecule has 1 saturated carbocycles. The quantitative estimate of drug-likeness (QED) is 0.941. The Morgan fingerprint density at radius 3 is 2.76 bits per heavy atom. The van der Waals surface area contributed by atoms with Gasteiger partial charge in [0, 0.05) is 25.0 Å². The van der Waals surface area contributed by atoms with Crippen LogP contribution in [0.1, 0.15) is 31.4 Å². The zero-order chi connectivity index (χ0) is 14.4. The number of hydrogen-bond acceptors (Lipinski definition) is 5. The van der Waals surface area contributed by atoms with Crippen molar-refractivity contribution in [1.29, 1.82) is 0 Å². The van der Waals surface area contributed by atoms with Crippen LogP contribution in [0.5, 0.6) is 0 Å². The highest BCUT2D eigenvalue weighted by atomic mass is 32.1. The molecule has 1 saturated heterocycles. The van der Waals surface area contributed by atoms with Crippen LogP contribution < -0.4 is 5.32 Å². The lowest BCUT2D eigenvalue weighted by Crippen LogP contribution is -2.43. The fourth-order valence-corrected chi connectivity index (χ4v) is 3.78. The molecule has 0 bridgehead atoms. The van der Waals surface area contributed by atoms with Gasteiger partial charge >= 0.3 is 0 Å². The molecule has 0 atom stereocenters. The average Bonchev–Trinajstić information content (AvgIpc) is 3.17. The van der Waals surface area contributed by atoms with Crippen molar-refractivity contribution in [1.82, 2.24) is 19.5 Å². The van der Waals surface area contributed by atoms with Gasteiger partial charge < -0.3 is 10.2 Å². The number of nitrogens with one attached hydrogen (secondary N) is 1. The first-order chi connectivity index (χ1) is 10.2. The van der Waals surface area contributed by atoms with Crippen molar-refractivity contribution < 1.29 is 4.79 Å². The molecule has 2 aliphatic rings. The lowest BCUT2D eigenvalue weighted by atomic mass is 10.0. The van der Waals surface area contributed by atoms with Crippen LogP contribution in [-0.4, -0.2) is 44.5 Å². The topological polar surface area (TPSA) is 62.5 Å². The molecule has 0 aromatic carbocycles. The van der Waals surface area contributed by atoms with E-state index in [9.17, 15) is 4.79 Å². The number of anilines is 1. The van der Waals surface area contributed by atoms with Crippen molar-refractivity contribution in [2.24, 2.45) is 5.92 Å². The van der Waals surface area contributed by atoms with Gasteiger partial charge in [-0.15, -0.1) is 5.10 Å². The Labute approximate surface area is 127 Å². The molecule has 2 aromatic rings. The van der Waals surface area contributed by atoms with Crippen LogP contribution in [0, 0.1) is 12.8 Å². The Bertz CT molecular complexity index is 635. The van der Waals surface area contributed by atoms with Crippen molar-refractivity contribution in [2.75, 3.05) is 18.4 Å². The molecule has 2 aromatic heterocycles. The Morgan fingerprint density at radius 1 is 1.33 bits per heavy atom. The Hall–Kier alpha value is -1.63. The molecule has 0 radical (unpaired) electrons. The van der Waals surface area contributed by atoms with Gasteiger partial charge in [0.25, 0.3) is 0 Å². The minimum absolute atomic E-state index is 0.337. The van der Waals surface area contributed by atoms with Gasteiger partial charge in [0.2, 0.25) is 16.0 Å². The summed E-state index contributed by atoms with van der Waals surface area (Å²) in [5.41, 5.74) is 0.993. The highest BCUT2D eigenvalue weighted by Crippen LogP contribution is 2.32. The molecule has 6 nitrogen and oxygen atoms in total. The van der Waals surface area contributed by atoms with E-state index in [-0.39, 0.29) is 0 Å². The molecule has 0 unspecified atom stereocenters. The van der Waals surface area contributed by atoms with Crippen LogP contribution in [-0.2, 0) is 4.79 Å². The third-order valence-corrected chi connectivity index (χ3v) is 5.08. The summed E-state index contributed by atoms with van der Waals surface area (Å²) in [4.78, 5) is 19.4. The first kappa shape index (κ1) is 13.1. The summed E-state index contributed by atoms with van der Waals surface area (Å²) >= 11 is 1.58. The molecule has 21 heavy (non-hydrogen) atoms. The summed E-state index contributed by atoms with van der Waals surface area (Å²) in [5, 5.41) is 8.91. The second kappa shape index (κ2) is 4.98. The average molecular weight is 305 g/mol. The summed E-state index contributed by atoms with van der Waals surface area (Å²) in [7, 11) is 0. The number of likely N-dealkylation sites (tertiary alicyclic amines) is 1. The van der Waals surface area contributed by atoms with Crippen LogP contribution in [0.3, 0.4) is 0 Å². The van der Waals surface area contributed by atoms with E-state index in [1.54, 1.807) is 11.3 Å². The van der Waals surface area contributed by atoms with E-state index >= 15 is 0 Å². The van der Waals surface area contributed by atoms with Gasteiger partial charge in [-0.1, -0.05) is 11.3 Å². The Kier molecular flexibility index (Phi) is 3.10. The van der Waals surface area contributed by atoms with E-state index in [0.717, 1.165) is 54.6 Å². The van der Waals surface area contributed by atoms with Crippen molar-refractivity contribution >= 4 is 27.3 Å². The number of rotatable bonds is 3. The zero-order valence-corrected chi connectivity index (χ0v) is 12.9. The van der Waals surface area contributed by atoms with Crippen LogP contribution in [0.25, 0.3) is 4.96 Å². The van der Waals surface area contributed by atoms with Gasteiger partial charge in [0.1, 0.15) is 0 Å². The van der Waals surface area contributed by atoms with Gasteiger partial charge in [-0.25, -0.2) is 9.50 Å². The van der Waals surface area contributed by atoms with Crippen molar-refractivity contribution in [3.63, 3.8) is 0 Å². The van der Waals surface area contributed by atoms with Gasteiger partial charge in [0.15, 0.2) is 0 Å². The molecule has 2 fully saturated rings. The number of hydrogen-bond donors (Lipinski definition) is 1. The monoisotopic (exact) mass is 305 g/mol. The van der Waals surface area contributed by atoms with Crippen LogP contribution in [0.2, 0.25) is 0 Å². The van der Waals surface area contributed by atoms with Gasteiger partial charge in [-0.2, -0.15) is 0 Å².